The molecule has 0 spiro atoms. The van der Waals surface area contributed by atoms with E-state index in [4.69, 9.17) is 4.74 Å². The number of anilines is 1. The topological polar surface area (TPSA) is 34.1 Å². The monoisotopic (exact) mass is 370 g/mol. The lowest BCUT2D eigenvalue weighted by molar-refractivity contribution is 0.410. The molecular weight excluding hydrogens is 360 g/mol. The van der Waals surface area contributed by atoms with Crippen LogP contribution in [0.1, 0.15) is 5.56 Å². The smallest absolute Gasteiger partial charge is 0.140 e. The average molecular weight is 372 g/mol. The van der Waals surface area contributed by atoms with Gasteiger partial charge in [0.05, 0.1) is 11.6 Å². The van der Waals surface area contributed by atoms with Gasteiger partial charge >= 0.3 is 0 Å². The molecule has 0 saturated carbocycles. The summed E-state index contributed by atoms with van der Waals surface area (Å²) < 4.78 is 7.17. The molecule has 0 aliphatic rings. The van der Waals surface area contributed by atoms with Gasteiger partial charge in [0.15, 0.2) is 0 Å². The molecule has 0 bridgehead atoms. The molecule has 2 aromatic rings. The first-order valence-corrected chi connectivity index (χ1v) is 6.96. The Balaban J connectivity index is 2.11. The molecule has 0 radical (unpaired) electrons. The van der Waals surface area contributed by atoms with Gasteiger partial charge in [0.25, 0.3) is 0 Å². The molecule has 94 valence electrons. The Morgan fingerprint density at radius 3 is 2.78 bits per heavy atom. The van der Waals surface area contributed by atoms with Crippen molar-refractivity contribution in [3.63, 3.8) is 0 Å². The fourth-order valence-electron chi connectivity index (χ4n) is 1.57. The molecule has 1 N–H and O–H groups in total. The van der Waals surface area contributed by atoms with E-state index in [1.165, 1.54) is 0 Å². The largest absolute Gasteiger partial charge is 0.496 e. The third kappa shape index (κ3) is 3.23. The molecule has 0 unspecified atom stereocenters. The number of hydrogen-bond acceptors (Lipinski definition) is 3. The minimum Gasteiger partial charge on any atom is -0.496 e. The van der Waals surface area contributed by atoms with Crippen LogP contribution in [0.4, 0.5) is 5.82 Å². The van der Waals surface area contributed by atoms with E-state index < -0.39 is 0 Å². The SMILES string of the molecule is COc1ccccc1CNc1ncc(Br)cc1Br. The maximum atomic E-state index is 5.30. The van der Waals surface area contributed by atoms with Crippen LogP contribution in [-0.4, -0.2) is 12.1 Å². The van der Waals surface area contributed by atoms with Crippen molar-refractivity contribution in [1.82, 2.24) is 4.98 Å². The Hall–Kier alpha value is -1.07. The summed E-state index contributed by atoms with van der Waals surface area (Å²) in [6.45, 7) is 0.664. The molecule has 18 heavy (non-hydrogen) atoms. The standard InChI is InChI=1S/C13H12Br2N2O/c1-18-12-5-3-2-4-9(12)7-16-13-11(15)6-10(14)8-17-13/h2-6,8H,7H2,1H3,(H,16,17). The summed E-state index contributed by atoms with van der Waals surface area (Å²) in [6, 6.07) is 9.87. The van der Waals surface area contributed by atoms with E-state index in [1.807, 2.05) is 30.3 Å². The second-order valence-electron chi connectivity index (χ2n) is 3.65. The number of hydrogen-bond donors (Lipinski definition) is 1. The molecule has 0 atom stereocenters. The third-order valence-electron chi connectivity index (χ3n) is 2.45. The highest BCUT2D eigenvalue weighted by molar-refractivity contribution is 9.11. The van der Waals surface area contributed by atoms with Gasteiger partial charge in [0, 0.05) is 22.8 Å². The van der Waals surface area contributed by atoms with E-state index >= 15 is 0 Å². The molecule has 0 saturated heterocycles. The maximum Gasteiger partial charge on any atom is 0.140 e. The Morgan fingerprint density at radius 2 is 2.06 bits per heavy atom. The third-order valence-corrected chi connectivity index (χ3v) is 3.48. The van der Waals surface area contributed by atoms with E-state index in [1.54, 1.807) is 13.3 Å². The number of para-hydroxylation sites is 1. The van der Waals surface area contributed by atoms with Crippen molar-refractivity contribution in [3.8, 4) is 5.75 Å². The molecule has 1 aromatic heterocycles. The van der Waals surface area contributed by atoms with Crippen LogP contribution in [0.5, 0.6) is 5.75 Å². The molecule has 1 aromatic carbocycles. The second-order valence-corrected chi connectivity index (χ2v) is 5.42. The minimum absolute atomic E-state index is 0.664. The molecule has 0 aliphatic carbocycles. The minimum atomic E-state index is 0.664. The maximum absolute atomic E-state index is 5.30. The molecule has 5 heteroatoms. The lowest BCUT2D eigenvalue weighted by Gasteiger charge is -2.11. The summed E-state index contributed by atoms with van der Waals surface area (Å²) in [5, 5.41) is 3.27. The van der Waals surface area contributed by atoms with Crippen molar-refractivity contribution in [2.75, 3.05) is 12.4 Å². The van der Waals surface area contributed by atoms with Crippen LogP contribution in [-0.2, 0) is 6.54 Å². The van der Waals surface area contributed by atoms with Crippen LogP contribution in [0.25, 0.3) is 0 Å². The van der Waals surface area contributed by atoms with Gasteiger partial charge in [-0.25, -0.2) is 4.98 Å². The van der Waals surface area contributed by atoms with Crippen molar-refractivity contribution >= 4 is 37.7 Å². The average Bonchev–Trinajstić information content (AvgIpc) is 2.38. The highest BCUT2D eigenvalue weighted by Crippen LogP contribution is 2.25. The van der Waals surface area contributed by atoms with Gasteiger partial charge in [-0.3, -0.25) is 0 Å². The number of halogens is 2. The van der Waals surface area contributed by atoms with Gasteiger partial charge in [-0.2, -0.15) is 0 Å². The number of ether oxygens (including phenoxy) is 1. The number of aromatic nitrogens is 1. The van der Waals surface area contributed by atoms with Crippen molar-refractivity contribution in [2.45, 2.75) is 6.54 Å². The summed E-state index contributed by atoms with van der Waals surface area (Å²) in [5.41, 5.74) is 1.09. The summed E-state index contributed by atoms with van der Waals surface area (Å²) in [5.74, 6) is 1.68. The van der Waals surface area contributed by atoms with Gasteiger partial charge in [0.1, 0.15) is 11.6 Å². The zero-order valence-electron chi connectivity index (χ0n) is 9.78. The predicted molar refractivity (Wildman–Crippen MR) is 80.0 cm³/mol. The molecule has 0 fully saturated rings. The van der Waals surface area contributed by atoms with E-state index in [0.29, 0.717) is 6.54 Å². The Labute approximate surface area is 123 Å². The quantitative estimate of drug-likeness (QED) is 0.873. The number of methoxy groups -OCH3 is 1. The molecule has 0 aliphatic heterocycles. The van der Waals surface area contributed by atoms with Crippen molar-refractivity contribution < 1.29 is 4.74 Å². The summed E-state index contributed by atoms with van der Waals surface area (Å²) in [7, 11) is 1.67. The van der Waals surface area contributed by atoms with Gasteiger partial charge in [-0.1, -0.05) is 18.2 Å². The first kappa shape index (κ1) is 13.4. The number of benzene rings is 1. The first-order chi connectivity index (χ1) is 8.70. The highest BCUT2D eigenvalue weighted by atomic mass is 79.9. The molecule has 2 rings (SSSR count). The molecular formula is C13H12Br2N2O. The van der Waals surface area contributed by atoms with E-state index in [-0.39, 0.29) is 0 Å². The highest BCUT2D eigenvalue weighted by Gasteiger charge is 2.04. The number of rotatable bonds is 4. The summed E-state index contributed by atoms with van der Waals surface area (Å²) in [4.78, 5) is 4.30. The van der Waals surface area contributed by atoms with E-state index in [2.05, 4.69) is 42.2 Å². The summed E-state index contributed by atoms with van der Waals surface area (Å²) in [6.07, 6.45) is 1.76. The number of nitrogens with one attached hydrogen (secondary N) is 1. The Kier molecular flexibility index (Phi) is 4.60. The normalized spacial score (nSPS) is 10.2. The van der Waals surface area contributed by atoms with Crippen molar-refractivity contribution in [3.05, 3.63) is 51.0 Å². The van der Waals surface area contributed by atoms with Crippen LogP contribution < -0.4 is 10.1 Å². The van der Waals surface area contributed by atoms with Crippen LogP contribution >= 0.6 is 31.9 Å². The van der Waals surface area contributed by atoms with Crippen molar-refractivity contribution in [1.29, 1.82) is 0 Å². The van der Waals surface area contributed by atoms with Crippen molar-refractivity contribution in [2.24, 2.45) is 0 Å². The van der Waals surface area contributed by atoms with Gasteiger partial charge in [-0.15, -0.1) is 0 Å². The van der Waals surface area contributed by atoms with Crippen LogP contribution in [0.15, 0.2) is 45.5 Å². The fraction of sp³-hybridized carbons (Fsp3) is 0.154. The Morgan fingerprint density at radius 1 is 1.28 bits per heavy atom. The second kappa shape index (κ2) is 6.20. The van der Waals surface area contributed by atoms with Gasteiger partial charge < -0.3 is 10.1 Å². The van der Waals surface area contributed by atoms with E-state index in [9.17, 15) is 0 Å². The van der Waals surface area contributed by atoms with Crippen LogP contribution in [0, 0.1) is 0 Å². The molecule has 3 nitrogen and oxygen atoms in total. The van der Waals surface area contributed by atoms with Crippen LogP contribution in [0.2, 0.25) is 0 Å². The predicted octanol–water partition coefficient (Wildman–Crippen LogP) is 4.23. The number of pyridine rings is 1. The lowest BCUT2D eigenvalue weighted by Crippen LogP contribution is -2.03. The Bertz CT molecular complexity index is 546. The first-order valence-electron chi connectivity index (χ1n) is 5.37. The lowest BCUT2D eigenvalue weighted by atomic mass is 10.2. The van der Waals surface area contributed by atoms with E-state index in [0.717, 1.165) is 26.1 Å². The fourth-order valence-corrected chi connectivity index (χ4v) is 2.70. The van der Waals surface area contributed by atoms with Gasteiger partial charge in [0.2, 0.25) is 0 Å². The van der Waals surface area contributed by atoms with Gasteiger partial charge in [-0.05, 0) is 44.0 Å². The summed E-state index contributed by atoms with van der Waals surface area (Å²) >= 11 is 6.84. The molecule has 1 heterocycles. The zero-order valence-corrected chi connectivity index (χ0v) is 13.0. The number of nitrogens with zero attached hydrogens (tertiary/aromatic N) is 1. The van der Waals surface area contributed by atoms with Crippen LogP contribution in [0.3, 0.4) is 0 Å². The molecule has 0 amide bonds. The zero-order chi connectivity index (χ0) is 13.0.